The second-order valence-corrected chi connectivity index (χ2v) is 7.51. The minimum absolute atomic E-state index is 0.0248. The predicted octanol–water partition coefficient (Wildman–Crippen LogP) is 4.01. The molecule has 6 nitrogen and oxygen atoms in total. The van der Waals surface area contributed by atoms with E-state index in [2.05, 4.69) is 5.32 Å². The summed E-state index contributed by atoms with van der Waals surface area (Å²) in [6, 6.07) is 15.3. The maximum atomic E-state index is 13.2. The van der Waals surface area contributed by atoms with E-state index in [4.69, 9.17) is 9.47 Å². The summed E-state index contributed by atoms with van der Waals surface area (Å²) >= 11 is 0. The highest BCUT2D eigenvalue weighted by Crippen LogP contribution is 2.29. The second kappa shape index (κ2) is 13.4. The van der Waals surface area contributed by atoms with Gasteiger partial charge in [0.1, 0.15) is 6.04 Å². The molecule has 0 unspecified atom stereocenters. The molecule has 0 saturated carbocycles. The Labute approximate surface area is 191 Å². The smallest absolute Gasteiger partial charge is 0.242 e. The number of ether oxygens (including phenoxy) is 2. The quantitative estimate of drug-likeness (QED) is 0.511. The highest BCUT2D eigenvalue weighted by atomic mass is 16.5. The molecule has 0 aliphatic heterocycles. The van der Waals surface area contributed by atoms with Crippen LogP contribution in [0.2, 0.25) is 0 Å². The summed E-state index contributed by atoms with van der Waals surface area (Å²) in [6.07, 6.45) is 2.16. The normalized spacial score (nSPS) is 11.5. The van der Waals surface area contributed by atoms with Gasteiger partial charge in [-0.25, -0.2) is 0 Å². The van der Waals surface area contributed by atoms with Gasteiger partial charge in [0.05, 0.1) is 13.2 Å². The maximum Gasteiger partial charge on any atom is 0.242 e. The number of amides is 2. The van der Waals surface area contributed by atoms with Gasteiger partial charge in [-0.2, -0.15) is 0 Å². The van der Waals surface area contributed by atoms with Crippen LogP contribution in [0, 0.1) is 0 Å². The molecule has 174 valence electrons. The van der Waals surface area contributed by atoms with Crippen LogP contribution in [0.5, 0.6) is 11.5 Å². The van der Waals surface area contributed by atoms with Gasteiger partial charge < -0.3 is 19.7 Å². The van der Waals surface area contributed by atoms with Gasteiger partial charge in [-0.1, -0.05) is 43.3 Å². The molecule has 6 heteroatoms. The third-order valence-electron chi connectivity index (χ3n) is 5.35. The summed E-state index contributed by atoms with van der Waals surface area (Å²) in [5.41, 5.74) is 2.14. The molecule has 2 aromatic rings. The van der Waals surface area contributed by atoms with Crippen LogP contribution in [-0.4, -0.2) is 49.6 Å². The minimum atomic E-state index is -0.476. The van der Waals surface area contributed by atoms with E-state index < -0.39 is 6.04 Å². The van der Waals surface area contributed by atoms with Gasteiger partial charge in [0, 0.05) is 20.0 Å². The van der Waals surface area contributed by atoms with Crippen molar-refractivity contribution in [2.24, 2.45) is 0 Å². The average molecular weight is 441 g/mol. The van der Waals surface area contributed by atoms with Gasteiger partial charge in [0.15, 0.2) is 11.5 Å². The van der Waals surface area contributed by atoms with E-state index in [-0.39, 0.29) is 11.8 Å². The van der Waals surface area contributed by atoms with Gasteiger partial charge in [0.2, 0.25) is 11.8 Å². The molecule has 0 spiro atoms. The van der Waals surface area contributed by atoms with E-state index >= 15 is 0 Å². The van der Waals surface area contributed by atoms with Crippen molar-refractivity contribution >= 4 is 11.8 Å². The molecule has 0 bridgehead atoms. The Balaban J connectivity index is 2.12. The van der Waals surface area contributed by atoms with Crippen LogP contribution in [0.4, 0.5) is 0 Å². The molecule has 2 aromatic carbocycles. The lowest BCUT2D eigenvalue weighted by molar-refractivity contribution is -0.140. The fourth-order valence-electron chi connectivity index (χ4n) is 3.71. The number of benzene rings is 2. The van der Waals surface area contributed by atoms with E-state index in [1.807, 2.05) is 69.3 Å². The van der Waals surface area contributed by atoms with Crippen molar-refractivity contribution in [3.8, 4) is 11.5 Å². The first-order chi connectivity index (χ1) is 15.5. The monoisotopic (exact) mass is 440 g/mol. The lowest BCUT2D eigenvalue weighted by atomic mass is 10.1. The summed E-state index contributed by atoms with van der Waals surface area (Å²) in [5, 5.41) is 2.70. The number of hydrogen-bond donors (Lipinski definition) is 1. The van der Waals surface area contributed by atoms with Crippen LogP contribution in [0.25, 0.3) is 0 Å². The zero-order valence-corrected chi connectivity index (χ0v) is 19.7. The maximum absolute atomic E-state index is 13.2. The minimum Gasteiger partial charge on any atom is -0.490 e. The SMILES string of the molecule is CCOc1ccc(CCC(=O)N(CCc2ccccc2)[C@@H](CC)C(=O)NC)cc1OCC. The summed E-state index contributed by atoms with van der Waals surface area (Å²) in [6.45, 7) is 7.40. The third-order valence-corrected chi connectivity index (χ3v) is 5.35. The van der Waals surface area contributed by atoms with Crippen LogP contribution in [0.3, 0.4) is 0 Å². The second-order valence-electron chi connectivity index (χ2n) is 7.51. The number of nitrogens with zero attached hydrogens (tertiary/aromatic N) is 1. The lowest BCUT2D eigenvalue weighted by Gasteiger charge is -2.30. The topological polar surface area (TPSA) is 67.9 Å². The van der Waals surface area contributed by atoms with E-state index in [0.29, 0.717) is 56.9 Å². The average Bonchev–Trinajstić information content (AvgIpc) is 2.82. The Hall–Kier alpha value is -3.02. The Morgan fingerprint density at radius 2 is 1.59 bits per heavy atom. The molecule has 0 heterocycles. The van der Waals surface area contributed by atoms with Crippen molar-refractivity contribution < 1.29 is 19.1 Å². The zero-order valence-electron chi connectivity index (χ0n) is 19.7. The molecule has 0 aromatic heterocycles. The van der Waals surface area contributed by atoms with Crippen LogP contribution >= 0.6 is 0 Å². The van der Waals surface area contributed by atoms with Crippen LogP contribution in [-0.2, 0) is 22.4 Å². The number of nitrogens with one attached hydrogen (secondary N) is 1. The molecule has 2 rings (SSSR count). The van der Waals surface area contributed by atoms with Crippen molar-refractivity contribution in [1.29, 1.82) is 0 Å². The summed E-state index contributed by atoms with van der Waals surface area (Å²) < 4.78 is 11.3. The summed E-state index contributed by atoms with van der Waals surface area (Å²) in [7, 11) is 1.61. The highest BCUT2D eigenvalue weighted by molar-refractivity contribution is 5.87. The number of carbonyl (C=O) groups is 2. The fraction of sp³-hybridized carbons (Fsp3) is 0.462. The number of rotatable bonds is 13. The van der Waals surface area contributed by atoms with Crippen LogP contribution in [0.1, 0.15) is 44.7 Å². The van der Waals surface area contributed by atoms with Gasteiger partial charge in [-0.15, -0.1) is 0 Å². The molecular formula is C26H36N2O4. The predicted molar refractivity (Wildman–Crippen MR) is 127 cm³/mol. The van der Waals surface area contributed by atoms with E-state index in [9.17, 15) is 9.59 Å². The first kappa shape index (κ1) is 25.2. The van der Waals surface area contributed by atoms with Gasteiger partial charge >= 0.3 is 0 Å². The van der Waals surface area contributed by atoms with Crippen molar-refractivity contribution in [3.05, 3.63) is 59.7 Å². The van der Waals surface area contributed by atoms with Crippen LogP contribution in [0.15, 0.2) is 48.5 Å². The third kappa shape index (κ3) is 7.29. The molecule has 1 atom stereocenters. The number of carbonyl (C=O) groups excluding carboxylic acids is 2. The van der Waals surface area contributed by atoms with E-state index in [1.165, 1.54) is 0 Å². The van der Waals surface area contributed by atoms with Crippen molar-refractivity contribution in [2.45, 2.75) is 52.5 Å². The molecule has 0 saturated heterocycles. The van der Waals surface area contributed by atoms with Crippen molar-refractivity contribution in [3.63, 3.8) is 0 Å². The number of hydrogen-bond acceptors (Lipinski definition) is 4. The van der Waals surface area contributed by atoms with Gasteiger partial charge in [0.25, 0.3) is 0 Å². The van der Waals surface area contributed by atoms with E-state index in [1.54, 1.807) is 11.9 Å². The lowest BCUT2D eigenvalue weighted by Crippen LogP contribution is -2.49. The van der Waals surface area contributed by atoms with Gasteiger partial charge in [-0.05, 0) is 56.4 Å². The van der Waals surface area contributed by atoms with Crippen molar-refractivity contribution in [2.75, 3.05) is 26.8 Å². The zero-order chi connectivity index (χ0) is 23.3. The molecular weight excluding hydrogens is 404 g/mol. The highest BCUT2D eigenvalue weighted by Gasteiger charge is 2.27. The first-order valence-electron chi connectivity index (χ1n) is 11.5. The fourth-order valence-corrected chi connectivity index (χ4v) is 3.71. The number of aryl methyl sites for hydroxylation is 1. The summed E-state index contributed by atoms with van der Waals surface area (Å²) in [4.78, 5) is 27.4. The standard InChI is InChI=1S/C26H36N2O4/c1-5-22(26(30)27-4)28(18-17-20-11-9-8-10-12-20)25(29)16-14-21-13-15-23(31-6-2)24(19-21)32-7-3/h8-13,15,19,22H,5-7,14,16-18H2,1-4H3,(H,27,30)/t22-/m0/s1. The molecule has 0 aliphatic rings. The molecule has 0 radical (unpaired) electrons. The first-order valence-corrected chi connectivity index (χ1v) is 11.5. The van der Waals surface area contributed by atoms with Gasteiger partial charge in [-0.3, -0.25) is 9.59 Å². The van der Waals surface area contributed by atoms with E-state index in [0.717, 1.165) is 11.1 Å². The molecule has 2 amide bonds. The number of likely N-dealkylation sites (N-methyl/N-ethyl adjacent to an activating group) is 1. The Morgan fingerprint density at radius 3 is 2.22 bits per heavy atom. The Morgan fingerprint density at radius 1 is 0.906 bits per heavy atom. The Kier molecular flexibility index (Phi) is 10.6. The molecule has 32 heavy (non-hydrogen) atoms. The summed E-state index contributed by atoms with van der Waals surface area (Å²) in [5.74, 6) is 1.24. The molecule has 0 aliphatic carbocycles. The largest absolute Gasteiger partial charge is 0.490 e. The van der Waals surface area contributed by atoms with Crippen molar-refractivity contribution in [1.82, 2.24) is 10.2 Å². The Bertz CT molecular complexity index is 854. The molecule has 0 fully saturated rings. The molecule has 1 N–H and O–H groups in total. The van der Waals surface area contributed by atoms with Crippen LogP contribution < -0.4 is 14.8 Å².